The molecule has 0 aliphatic carbocycles. The van der Waals surface area contributed by atoms with Crippen LogP contribution >= 0.6 is 0 Å². The van der Waals surface area contributed by atoms with Gasteiger partial charge in [-0.2, -0.15) is 0 Å². The first-order valence-electron chi connectivity index (χ1n) is 2.57. The van der Waals surface area contributed by atoms with Crippen LogP contribution in [0.3, 0.4) is 0 Å². The molecule has 10 heavy (non-hydrogen) atoms. The molecule has 0 aromatic rings. The van der Waals surface area contributed by atoms with Crippen LogP contribution in [0, 0.1) is 24.7 Å². The Hall–Kier alpha value is -1.45. The van der Waals surface area contributed by atoms with Crippen LogP contribution in [0.1, 0.15) is 0 Å². The molecule has 0 bridgehead atoms. The highest BCUT2D eigenvalue weighted by Crippen LogP contribution is 1.81. The fraction of sp³-hybridized carbons (Fsp3) is 0.286. The van der Waals surface area contributed by atoms with E-state index in [-0.39, 0.29) is 13.2 Å². The number of hydrogen-bond acceptors (Lipinski definition) is 2. The van der Waals surface area contributed by atoms with E-state index < -0.39 is 0 Å². The summed E-state index contributed by atoms with van der Waals surface area (Å²) in [6.45, 7) is 0.172. The van der Waals surface area contributed by atoms with Crippen molar-refractivity contribution >= 4 is 6.41 Å². The molecule has 0 aliphatic rings. The topological polar surface area (TPSA) is 29.5 Å². The maximum absolute atomic E-state index is 10.0. The third kappa shape index (κ3) is 3.54. The number of amides is 1. The zero-order chi connectivity index (χ0) is 7.82. The summed E-state index contributed by atoms with van der Waals surface area (Å²) >= 11 is 0. The highest BCUT2D eigenvalue weighted by atomic mass is 16.7. The van der Waals surface area contributed by atoms with Gasteiger partial charge in [0.05, 0.1) is 0 Å². The van der Waals surface area contributed by atoms with E-state index in [4.69, 9.17) is 12.8 Å². The van der Waals surface area contributed by atoms with Gasteiger partial charge in [0.1, 0.15) is 13.2 Å². The molecule has 0 rings (SSSR count). The highest BCUT2D eigenvalue weighted by molar-refractivity contribution is 5.45. The predicted octanol–water partition coefficient (Wildman–Crippen LogP) is -0.357. The van der Waals surface area contributed by atoms with E-state index in [9.17, 15) is 4.79 Å². The van der Waals surface area contributed by atoms with Crippen LogP contribution in [0.25, 0.3) is 0 Å². The minimum absolute atomic E-state index is 0.0560. The van der Waals surface area contributed by atoms with Gasteiger partial charge in [0.25, 0.3) is 0 Å². The molecule has 0 fully saturated rings. The lowest BCUT2D eigenvalue weighted by atomic mass is 10.7. The van der Waals surface area contributed by atoms with E-state index in [2.05, 4.69) is 16.7 Å². The number of carbonyl (C=O) groups excluding carboxylic acids is 1. The van der Waals surface area contributed by atoms with Crippen molar-refractivity contribution in [3.63, 3.8) is 0 Å². The molecule has 0 spiro atoms. The Morgan fingerprint density at radius 3 is 2.60 bits per heavy atom. The SMILES string of the molecule is C#CCON(C=O)CC#C. The smallest absolute Gasteiger partial charge is 0.234 e. The molecule has 52 valence electrons. The van der Waals surface area contributed by atoms with Crippen molar-refractivity contribution in [3.05, 3.63) is 0 Å². The highest BCUT2D eigenvalue weighted by Gasteiger charge is 1.95. The predicted molar refractivity (Wildman–Crippen MR) is 36.4 cm³/mol. The summed E-state index contributed by atoms with van der Waals surface area (Å²) in [5.41, 5.74) is 0. The molecule has 0 N–H and O–H groups in total. The van der Waals surface area contributed by atoms with E-state index in [0.717, 1.165) is 5.06 Å². The summed E-state index contributed by atoms with van der Waals surface area (Å²) in [6, 6.07) is 0. The molecule has 0 radical (unpaired) electrons. The van der Waals surface area contributed by atoms with E-state index in [1.807, 2.05) is 0 Å². The van der Waals surface area contributed by atoms with Crippen molar-refractivity contribution in [2.24, 2.45) is 0 Å². The molecule has 0 heterocycles. The Bertz CT molecular complexity index is 175. The Labute approximate surface area is 59.9 Å². The number of nitrogens with zero attached hydrogens (tertiary/aromatic N) is 1. The van der Waals surface area contributed by atoms with Gasteiger partial charge in [0, 0.05) is 0 Å². The lowest BCUT2D eigenvalue weighted by molar-refractivity contribution is -0.162. The van der Waals surface area contributed by atoms with Crippen molar-refractivity contribution in [2.45, 2.75) is 0 Å². The van der Waals surface area contributed by atoms with Crippen LogP contribution in [0.5, 0.6) is 0 Å². The average molecular weight is 137 g/mol. The normalized spacial score (nSPS) is 7.40. The molecule has 0 atom stereocenters. The van der Waals surface area contributed by atoms with Crippen LogP contribution in [0.2, 0.25) is 0 Å². The fourth-order valence-electron chi connectivity index (χ4n) is 0.323. The van der Waals surface area contributed by atoms with Gasteiger partial charge in [-0.05, 0) is 0 Å². The Morgan fingerprint density at radius 1 is 1.50 bits per heavy atom. The minimum Gasteiger partial charge on any atom is -0.276 e. The van der Waals surface area contributed by atoms with Gasteiger partial charge in [-0.1, -0.05) is 11.8 Å². The van der Waals surface area contributed by atoms with Crippen molar-refractivity contribution in [1.29, 1.82) is 0 Å². The lowest BCUT2D eigenvalue weighted by Gasteiger charge is -2.10. The van der Waals surface area contributed by atoms with Gasteiger partial charge >= 0.3 is 0 Å². The molecular weight excluding hydrogens is 130 g/mol. The van der Waals surface area contributed by atoms with E-state index in [1.54, 1.807) is 0 Å². The number of hydrogen-bond donors (Lipinski definition) is 0. The zero-order valence-corrected chi connectivity index (χ0v) is 5.41. The van der Waals surface area contributed by atoms with Crippen molar-refractivity contribution in [1.82, 2.24) is 5.06 Å². The Balaban J connectivity index is 3.54. The first-order chi connectivity index (χ1) is 4.85. The Kier molecular flexibility index (Phi) is 4.86. The monoisotopic (exact) mass is 137 g/mol. The van der Waals surface area contributed by atoms with Crippen molar-refractivity contribution < 1.29 is 9.63 Å². The van der Waals surface area contributed by atoms with Gasteiger partial charge in [0.15, 0.2) is 0 Å². The second kappa shape index (κ2) is 5.68. The molecule has 0 aliphatic heterocycles. The summed E-state index contributed by atoms with van der Waals surface area (Å²) < 4.78 is 0. The quantitative estimate of drug-likeness (QED) is 0.301. The number of rotatable bonds is 4. The fourth-order valence-corrected chi connectivity index (χ4v) is 0.323. The molecule has 0 unspecified atom stereocenters. The lowest BCUT2D eigenvalue weighted by Crippen LogP contribution is -2.22. The maximum atomic E-state index is 10.0. The van der Waals surface area contributed by atoms with E-state index >= 15 is 0 Å². The van der Waals surface area contributed by atoms with Gasteiger partial charge < -0.3 is 0 Å². The van der Waals surface area contributed by atoms with Crippen LogP contribution in [-0.4, -0.2) is 24.6 Å². The van der Waals surface area contributed by atoms with Crippen LogP contribution in [0.15, 0.2) is 0 Å². The number of hydroxylamine groups is 2. The van der Waals surface area contributed by atoms with Crippen molar-refractivity contribution in [3.8, 4) is 24.7 Å². The summed E-state index contributed by atoms with van der Waals surface area (Å²) in [4.78, 5) is 14.7. The Morgan fingerprint density at radius 2 is 2.20 bits per heavy atom. The first-order valence-corrected chi connectivity index (χ1v) is 2.57. The van der Waals surface area contributed by atoms with Gasteiger partial charge in [-0.25, -0.2) is 5.06 Å². The summed E-state index contributed by atoms with van der Waals surface area (Å²) in [5.74, 6) is 4.43. The largest absolute Gasteiger partial charge is 0.276 e. The molecule has 3 heteroatoms. The summed E-state index contributed by atoms with van der Waals surface area (Å²) in [6.07, 6.45) is 10.2. The maximum Gasteiger partial charge on any atom is 0.234 e. The third-order valence-corrected chi connectivity index (χ3v) is 0.678. The van der Waals surface area contributed by atoms with Gasteiger partial charge in [-0.3, -0.25) is 9.63 Å². The standard InChI is InChI=1S/C7H7NO2/c1-3-5-8(7-9)10-6-4-2/h1-2,7H,5-6H2. The summed E-state index contributed by atoms with van der Waals surface area (Å²) in [5, 5.41) is 0.958. The number of carbonyl (C=O) groups is 1. The van der Waals surface area contributed by atoms with Gasteiger partial charge in [-0.15, -0.1) is 12.8 Å². The molecule has 0 saturated carbocycles. The molecule has 1 amide bonds. The second-order valence-corrected chi connectivity index (χ2v) is 1.36. The van der Waals surface area contributed by atoms with Crippen LogP contribution < -0.4 is 0 Å². The molecule has 0 saturated heterocycles. The second-order valence-electron chi connectivity index (χ2n) is 1.36. The molecule has 3 nitrogen and oxygen atoms in total. The number of terminal acetylenes is 2. The molecule has 0 aromatic heterocycles. The van der Waals surface area contributed by atoms with Gasteiger partial charge in [0.2, 0.25) is 6.41 Å². The summed E-state index contributed by atoms with van der Waals surface area (Å²) in [7, 11) is 0. The molecular formula is C7H7NO2. The van der Waals surface area contributed by atoms with Crippen LogP contribution in [0.4, 0.5) is 0 Å². The third-order valence-electron chi connectivity index (χ3n) is 0.678. The van der Waals surface area contributed by atoms with E-state index in [1.165, 1.54) is 0 Å². The van der Waals surface area contributed by atoms with Crippen molar-refractivity contribution in [2.75, 3.05) is 13.2 Å². The van der Waals surface area contributed by atoms with E-state index in [0.29, 0.717) is 6.41 Å². The average Bonchev–Trinajstić information content (AvgIpc) is 1.98. The van der Waals surface area contributed by atoms with Crippen LogP contribution in [-0.2, 0) is 9.63 Å². The minimum atomic E-state index is 0.0560. The zero-order valence-electron chi connectivity index (χ0n) is 5.41. The molecule has 0 aromatic carbocycles. The first kappa shape index (κ1) is 8.55.